The lowest BCUT2D eigenvalue weighted by atomic mass is 10.2. The SMILES string of the molecule is CCOc1ccc(/C=C/C(=O)C=C(SC)SC)cc1. The average molecular weight is 294 g/mol. The van der Waals surface area contributed by atoms with E-state index in [1.54, 1.807) is 35.7 Å². The lowest BCUT2D eigenvalue weighted by Gasteiger charge is -2.02. The van der Waals surface area contributed by atoms with Gasteiger partial charge in [-0.15, -0.1) is 23.5 Å². The highest BCUT2D eigenvalue weighted by atomic mass is 32.2. The number of hydrogen-bond acceptors (Lipinski definition) is 4. The molecule has 1 aromatic carbocycles. The second kappa shape index (κ2) is 8.88. The molecule has 1 aromatic rings. The van der Waals surface area contributed by atoms with Crippen LogP contribution in [0.5, 0.6) is 5.75 Å². The molecule has 0 radical (unpaired) electrons. The van der Waals surface area contributed by atoms with Gasteiger partial charge in [0, 0.05) is 10.3 Å². The molecular formula is C15H18O2S2. The Morgan fingerprint density at radius 3 is 2.37 bits per heavy atom. The Kier molecular flexibility index (Phi) is 7.45. The number of ether oxygens (including phenoxy) is 1. The smallest absolute Gasteiger partial charge is 0.180 e. The minimum atomic E-state index is 0.00702. The molecule has 0 spiro atoms. The van der Waals surface area contributed by atoms with E-state index in [0.717, 1.165) is 15.6 Å². The van der Waals surface area contributed by atoms with Crippen molar-refractivity contribution >= 4 is 35.4 Å². The van der Waals surface area contributed by atoms with Gasteiger partial charge in [-0.05, 0) is 43.2 Å². The van der Waals surface area contributed by atoms with Gasteiger partial charge in [-0.25, -0.2) is 0 Å². The van der Waals surface area contributed by atoms with E-state index in [4.69, 9.17) is 4.74 Å². The molecule has 0 aromatic heterocycles. The molecule has 1 rings (SSSR count). The molecule has 0 fully saturated rings. The van der Waals surface area contributed by atoms with E-state index in [-0.39, 0.29) is 5.78 Å². The maximum atomic E-state index is 11.7. The van der Waals surface area contributed by atoms with E-state index < -0.39 is 0 Å². The van der Waals surface area contributed by atoms with Crippen LogP contribution in [0.1, 0.15) is 12.5 Å². The molecule has 4 heteroatoms. The third-order valence-corrected chi connectivity index (χ3v) is 4.33. The van der Waals surface area contributed by atoms with Crippen LogP contribution >= 0.6 is 23.5 Å². The molecule has 0 aliphatic rings. The van der Waals surface area contributed by atoms with Crippen molar-refractivity contribution in [3.8, 4) is 5.75 Å². The second-order valence-corrected chi connectivity index (χ2v) is 5.56. The van der Waals surface area contributed by atoms with Crippen LogP contribution in [-0.4, -0.2) is 24.9 Å². The average Bonchev–Trinajstić information content (AvgIpc) is 2.44. The first-order valence-electron chi connectivity index (χ1n) is 5.94. The fourth-order valence-electron chi connectivity index (χ4n) is 1.39. The highest BCUT2D eigenvalue weighted by Gasteiger charge is 1.97. The lowest BCUT2D eigenvalue weighted by molar-refractivity contribution is -0.110. The Bertz CT molecular complexity index is 456. The summed E-state index contributed by atoms with van der Waals surface area (Å²) in [6, 6.07) is 7.67. The van der Waals surface area contributed by atoms with Crippen LogP contribution < -0.4 is 4.74 Å². The molecular weight excluding hydrogens is 276 g/mol. The Morgan fingerprint density at radius 2 is 1.84 bits per heavy atom. The molecule has 0 saturated carbocycles. The number of carbonyl (C=O) groups excluding carboxylic acids is 1. The van der Waals surface area contributed by atoms with Crippen molar-refractivity contribution in [3.05, 3.63) is 46.2 Å². The number of ketones is 1. The fraction of sp³-hybridized carbons (Fsp3) is 0.267. The summed E-state index contributed by atoms with van der Waals surface area (Å²) in [5, 5.41) is 0. The van der Waals surface area contributed by atoms with Crippen LogP contribution in [0.15, 0.2) is 40.7 Å². The zero-order valence-corrected chi connectivity index (χ0v) is 13.0. The van der Waals surface area contributed by atoms with Crippen molar-refractivity contribution in [1.29, 1.82) is 0 Å². The number of thioether (sulfide) groups is 2. The van der Waals surface area contributed by atoms with Crippen LogP contribution in [0.4, 0.5) is 0 Å². The molecule has 0 unspecified atom stereocenters. The van der Waals surface area contributed by atoms with Crippen LogP contribution in [0.2, 0.25) is 0 Å². The quantitative estimate of drug-likeness (QED) is 0.703. The minimum Gasteiger partial charge on any atom is -0.494 e. The molecule has 2 nitrogen and oxygen atoms in total. The highest BCUT2D eigenvalue weighted by molar-refractivity contribution is 8.21. The van der Waals surface area contributed by atoms with Gasteiger partial charge in [-0.2, -0.15) is 0 Å². The van der Waals surface area contributed by atoms with E-state index in [1.165, 1.54) is 0 Å². The Morgan fingerprint density at radius 1 is 1.21 bits per heavy atom. The summed E-state index contributed by atoms with van der Waals surface area (Å²) < 4.78 is 6.38. The van der Waals surface area contributed by atoms with Crippen molar-refractivity contribution in [2.24, 2.45) is 0 Å². The summed E-state index contributed by atoms with van der Waals surface area (Å²) >= 11 is 3.16. The molecule has 19 heavy (non-hydrogen) atoms. The van der Waals surface area contributed by atoms with Crippen LogP contribution in [0.25, 0.3) is 6.08 Å². The van der Waals surface area contributed by atoms with E-state index in [1.807, 2.05) is 49.8 Å². The van der Waals surface area contributed by atoms with Crippen molar-refractivity contribution in [3.63, 3.8) is 0 Å². The molecule has 0 bridgehead atoms. The van der Waals surface area contributed by atoms with Gasteiger partial charge in [-0.1, -0.05) is 18.2 Å². The lowest BCUT2D eigenvalue weighted by Crippen LogP contribution is -1.90. The number of carbonyl (C=O) groups is 1. The molecule has 0 heterocycles. The Labute approximate surface area is 123 Å². The van der Waals surface area contributed by atoms with Crippen molar-refractivity contribution in [1.82, 2.24) is 0 Å². The first-order chi connectivity index (χ1) is 9.19. The standard InChI is InChI=1S/C15H18O2S2/c1-4-17-14-9-6-12(7-10-14)5-8-13(16)11-15(18-2)19-3/h5-11H,4H2,1-3H3/b8-5+. The van der Waals surface area contributed by atoms with Crippen LogP contribution in [-0.2, 0) is 4.79 Å². The van der Waals surface area contributed by atoms with Crippen molar-refractivity contribution in [2.75, 3.05) is 19.1 Å². The van der Waals surface area contributed by atoms with Gasteiger partial charge >= 0.3 is 0 Å². The monoisotopic (exact) mass is 294 g/mol. The summed E-state index contributed by atoms with van der Waals surface area (Å²) in [4.78, 5) is 11.7. The topological polar surface area (TPSA) is 26.3 Å². The molecule has 0 aliphatic heterocycles. The number of benzene rings is 1. The van der Waals surface area contributed by atoms with Crippen molar-refractivity contribution < 1.29 is 9.53 Å². The van der Waals surface area contributed by atoms with Crippen LogP contribution in [0.3, 0.4) is 0 Å². The number of rotatable bonds is 7. The van der Waals surface area contributed by atoms with Gasteiger partial charge in [0.25, 0.3) is 0 Å². The summed E-state index contributed by atoms with van der Waals surface area (Å²) in [5.74, 6) is 0.852. The summed E-state index contributed by atoms with van der Waals surface area (Å²) in [6.45, 7) is 2.61. The predicted octanol–water partition coefficient (Wildman–Crippen LogP) is 4.24. The third kappa shape index (κ3) is 6.03. The molecule has 0 atom stereocenters. The minimum absolute atomic E-state index is 0.00702. The predicted molar refractivity (Wildman–Crippen MR) is 86.8 cm³/mol. The van der Waals surface area contributed by atoms with Gasteiger partial charge in [0.1, 0.15) is 5.75 Å². The van der Waals surface area contributed by atoms with E-state index in [9.17, 15) is 4.79 Å². The normalized spacial score (nSPS) is 10.5. The number of hydrogen-bond donors (Lipinski definition) is 0. The Hall–Kier alpha value is -1.13. The fourth-order valence-corrected chi connectivity index (χ4v) is 2.52. The van der Waals surface area contributed by atoms with Crippen LogP contribution in [0, 0.1) is 0 Å². The zero-order valence-electron chi connectivity index (χ0n) is 11.4. The maximum Gasteiger partial charge on any atom is 0.180 e. The van der Waals surface area contributed by atoms with Gasteiger partial charge in [0.05, 0.1) is 6.61 Å². The van der Waals surface area contributed by atoms with Gasteiger partial charge in [0.2, 0.25) is 0 Å². The molecule has 0 amide bonds. The van der Waals surface area contributed by atoms with E-state index in [0.29, 0.717) is 6.61 Å². The van der Waals surface area contributed by atoms with E-state index in [2.05, 4.69) is 0 Å². The maximum absolute atomic E-state index is 11.7. The second-order valence-electron chi connectivity index (χ2n) is 3.61. The summed E-state index contributed by atoms with van der Waals surface area (Å²) in [5.41, 5.74) is 0.986. The first-order valence-corrected chi connectivity index (χ1v) is 8.39. The largest absolute Gasteiger partial charge is 0.494 e. The molecule has 0 N–H and O–H groups in total. The molecule has 102 valence electrons. The Balaban J connectivity index is 2.65. The van der Waals surface area contributed by atoms with Crippen molar-refractivity contribution in [2.45, 2.75) is 6.92 Å². The zero-order chi connectivity index (χ0) is 14.1. The summed E-state index contributed by atoms with van der Waals surface area (Å²) in [6.07, 6.45) is 8.98. The molecule has 0 aliphatic carbocycles. The third-order valence-electron chi connectivity index (χ3n) is 2.29. The first kappa shape index (κ1) is 15.9. The van der Waals surface area contributed by atoms with Gasteiger partial charge in [-0.3, -0.25) is 4.79 Å². The highest BCUT2D eigenvalue weighted by Crippen LogP contribution is 2.23. The van der Waals surface area contributed by atoms with Gasteiger partial charge < -0.3 is 4.74 Å². The van der Waals surface area contributed by atoms with Gasteiger partial charge in [0.15, 0.2) is 5.78 Å². The molecule has 0 saturated heterocycles. The van der Waals surface area contributed by atoms with E-state index >= 15 is 0 Å². The number of allylic oxidation sites excluding steroid dienone is 2. The summed E-state index contributed by atoms with van der Waals surface area (Å²) in [7, 11) is 0.